The van der Waals surface area contributed by atoms with Crippen molar-refractivity contribution in [2.75, 3.05) is 25.6 Å². The SMILES string of the molecule is CCOc1ccc(C=NNC(=O)C(C(=O)Nc2ccc(OC)cc2)C(C)C)cc1OCC. The molecule has 172 valence electrons. The van der Waals surface area contributed by atoms with Crippen molar-refractivity contribution in [3.8, 4) is 17.2 Å². The molecule has 2 aromatic carbocycles. The maximum atomic E-state index is 12.7. The average Bonchev–Trinajstić information content (AvgIpc) is 2.76. The van der Waals surface area contributed by atoms with Crippen LogP contribution in [0.5, 0.6) is 17.2 Å². The van der Waals surface area contributed by atoms with E-state index in [-0.39, 0.29) is 5.92 Å². The molecule has 0 fully saturated rings. The summed E-state index contributed by atoms with van der Waals surface area (Å²) in [5.41, 5.74) is 3.77. The Morgan fingerprint density at radius 2 is 1.62 bits per heavy atom. The highest BCUT2D eigenvalue weighted by molar-refractivity contribution is 6.06. The molecule has 2 rings (SSSR count). The molecule has 32 heavy (non-hydrogen) atoms. The van der Waals surface area contributed by atoms with Gasteiger partial charge < -0.3 is 19.5 Å². The maximum absolute atomic E-state index is 12.7. The van der Waals surface area contributed by atoms with E-state index in [1.807, 2.05) is 27.7 Å². The van der Waals surface area contributed by atoms with Crippen LogP contribution in [-0.2, 0) is 9.59 Å². The van der Waals surface area contributed by atoms with E-state index in [1.54, 1.807) is 49.6 Å². The predicted octanol–water partition coefficient (Wildman–Crippen LogP) is 3.85. The van der Waals surface area contributed by atoms with E-state index < -0.39 is 17.7 Å². The average molecular weight is 442 g/mol. The van der Waals surface area contributed by atoms with E-state index in [9.17, 15) is 9.59 Å². The highest BCUT2D eigenvalue weighted by Crippen LogP contribution is 2.28. The van der Waals surface area contributed by atoms with E-state index in [0.29, 0.717) is 36.1 Å². The van der Waals surface area contributed by atoms with Crippen LogP contribution in [0.25, 0.3) is 0 Å². The third-order valence-corrected chi connectivity index (χ3v) is 4.54. The normalized spacial score (nSPS) is 11.8. The van der Waals surface area contributed by atoms with Crippen molar-refractivity contribution in [2.45, 2.75) is 27.7 Å². The number of nitrogens with one attached hydrogen (secondary N) is 2. The van der Waals surface area contributed by atoms with Crippen LogP contribution in [0, 0.1) is 11.8 Å². The molecule has 0 saturated heterocycles. The molecule has 2 aromatic rings. The minimum absolute atomic E-state index is 0.224. The van der Waals surface area contributed by atoms with Crippen LogP contribution >= 0.6 is 0 Å². The third kappa shape index (κ3) is 7.01. The Labute approximate surface area is 188 Å². The predicted molar refractivity (Wildman–Crippen MR) is 124 cm³/mol. The Morgan fingerprint density at radius 3 is 2.22 bits per heavy atom. The van der Waals surface area contributed by atoms with Gasteiger partial charge in [-0.05, 0) is 67.8 Å². The number of ether oxygens (including phenoxy) is 3. The van der Waals surface area contributed by atoms with Crippen LogP contribution in [0.2, 0.25) is 0 Å². The number of amides is 2. The number of benzene rings is 2. The van der Waals surface area contributed by atoms with Gasteiger partial charge in [-0.15, -0.1) is 0 Å². The highest BCUT2D eigenvalue weighted by atomic mass is 16.5. The number of hydrazone groups is 1. The highest BCUT2D eigenvalue weighted by Gasteiger charge is 2.30. The molecule has 0 aliphatic heterocycles. The van der Waals surface area contributed by atoms with Gasteiger partial charge in [0.1, 0.15) is 11.7 Å². The monoisotopic (exact) mass is 441 g/mol. The summed E-state index contributed by atoms with van der Waals surface area (Å²) in [4.78, 5) is 25.4. The van der Waals surface area contributed by atoms with Gasteiger partial charge in [-0.3, -0.25) is 9.59 Å². The number of hydrogen-bond donors (Lipinski definition) is 2. The fraction of sp³-hybridized carbons (Fsp3) is 0.375. The molecule has 0 spiro atoms. The van der Waals surface area contributed by atoms with Gasteiger partial charge in [0.15, 0.2) is 11.5 Å². The van der Waals surface area contributed by atoms with Crippen LogP contribution in [0.15, 0.2) is 47.6 Å². The Morgan fingerprint density at radius 1 is 0.969 bits per heavy atom. The number of hydrogen-bond acceptors (Lipinski definition) is 6. The summed E-state index contributed by atoms with van der Waals surface area (Å²) >= 11 is 0. The lowest BCUT2D eigenvalue weighted by molar-refractivity contribution is -0.134. The van der Waals surface area contributed by atoms with Crippen LogP contribution < -0.4 is 25.0 Å². The smallest absolute Gasteiger partial charge is 0.252 e. The van der Waals surface area contributed by atoms with E-state index in [1.165, 1.54) is 6.21 Å². The number of carbonyl (C=O) groups is 2. The van der Waals surface area contributed by atoms with E-state index in [4.69, 9.17) is 14.2 Å². The lowest BCUT2D eigenvalue weighted by atomic mass is 9.94. The lowest BCUT2D eigenvalue weighted by Crippen LogP contribution is -2.39. The minimum Gasteiger partial charge on any atom is -0.497 e. The number of nitrogens with zero attached hydrogens (tertiary/aromatic N) is 1. The Balaban J connectivity index is 2.05. The van der Waals surface area contributed by atoms with Gasteiger partial charge in [0.25, 0.3) is 5.91 Å². The lowest BCUT2D eigenvalue weighted by Gasteiger charge is -2.18. The van der Waals surface area contributed by atoms with Gasteiger partial charge in [0, 0.05) is 5.69 Å². The molecule has 0 aliphatic rings. The molecule has 8 nitrogen and oxygen atoms in total. The van der Waals surface area contributed by atoms with Crippen LogP contribution in [-0.4, -0.2) is 38.4 Å². The van der Waals surface area contributed by atoms with E-state index >= 15 is 0 Å². The van der Waals surface area contributed by atoms with Gasteiger partial charge in [0.2, 0.25) is 5.91 Å². The molecule has 8 heteroatoms. The molecule has 0 aromatic heterocycles. The molecule has 0 heterocycles. The largest absolute Gasteiger partial charge is 0.497 e. The molecule has 2 N–H and O–H groups in total. The van der Waals surface area contributed by atoms with Gasteiger partial charge in [0.05, 0.1) is 26.5 Å². The van der Waals surface area contributed by atoms with Gasteiger partial charge in [-0.25, -0.2) is 5.43 Å². The van der Waals surface area contributed by atoms with Crippen molar-refractivity contribution in [2.24, 2.45) is 16.9 Å². The summed E-state index contributed by atoms with van der Waals surface area (Å²) in [6.45, 7) is 8.43. The second-order valence-electron chi connectivity index (χ2n) is 7.25. The van der Waals surface area contributed by atoms with Crippen molar-refractivity contribution in [1.29, 1.82) is 0 Å². The van der Waals surface area contributed by atoms with Crippen LogP contribution in [0.4, 0.5) is 5.69 Å². The first-order chi connectivity index (χ1) is 15.4. The number of methoxy groups -OCH3 is 1. The summed E-state index contributed by atoms with van der Waals surface area (Å²) < 4.78 is 16.2. The first-order valence-electron chi connectivity index (χ1n) is 10.6. The zero-order valence-corrected chi connectivity index (χ0v) is 19.2. The fourth-order valence-corrected chi connectivity index (χ4v) is 3.01. The van der Waals surface area contributed by atoms with Gasteiger partial charge in [-0.2, -0.15) is 5.10 Å². The summed E-state index contributed by atoms with van der Waals surface area (Å²) in [5.74, 6) is -0.103. The summed E-state index contributed by atoms with van der Waals surface area (Å²) in [7, 11) is 1.57. The van der Waals surface area contributed by atoms with E-state index in [2.05, 4.69) is 15.8 Å². The first-order valence-corrected chi connectivity index (χ1v) is 10.6. The molecular weight excluding hydrogens is 410 g/mol. The Kier molecular flexibility index (Phi) is 9.53. The molecule has 0 saturated carbocycles. The zero-order valence-electron chi connectivity index (χ0n) is 19.2. The minimum atomic E-state index is -0.909. The second kappa shape index (κ2) is 12.3. The number of rotatable bonds is 11. The standard InChI is InChI=1S/C24H31N3O5/c1-6-31-20-13-8-17(14-21(20)32-7-2)15-25-27-24(29)22(16(3)4)23(28)26-18-9-11-19(30-5)12-10-18/h8-16,22H,6-7H2,1-5H3,(H,26,28)(H,27,29). The molecule has 2 amide bonds. The second-order valence-corrected chi connectivity index (χ2v) is 7.25. The first kappa shape index (κ1) is 24.7. The number of anilines is 1. The van der Waals surface area contributed by atoms with E-state index in [0.717, 1.165) is 5.56 Å². The summed E-state index contributed by atoms with van der Waals surface area (Å²) in [6.07, 6.45) is 1.49. The van der Waals surface area contributed by atoms with Crippen LogP contribution in [0.3, 0.4) is 0 Å². The van der Waals surface area contributed by atoms with Crippen molar-refractivity contribution in [3.05, 3.63) is 48.0 Å². The Hall–Kier alpha value is -3.55. The molecule has 0 bridgehead atoms. The van der Waals surface area contributed by atoms with Crippen molar-refractivity contribution >= 4 is 23.7 Å². The number of carbonyl (C=O) groups excluding carboxylic acids is 2. The summed E-state index contributed by atoms with van der Waals surface area (Å²) in [6, 6.07) is 12.3. The molecule has 0 radical (unpaired) electrons. The molecule has 0 aliphatic carbocycles. The maximum Gasteiger partial charge on any atom is 0.252 e. The quantitative estimate of drug-likeness (QED) is 0.314. The molecular formula is C24H31N3O5. The van der Waals surface area contributed by atoms with Crippen molar-refractivity contribution in [3.63, 3.8) is 0 Å². The topological polar surface area (TPSA) is 98.2 Å². The van der Waals surface area contributed by atoms with Crippen LogP contribution in [0.1, 0.15) is 33.3 Å². The Bertz CT molecular complexity index is 926. The van der Waals surface area contributed by atoms with Gasteiger partial charge >= 0.3 is 0 Å². The summed E-state index contributed by atoms with van der Waals surface area (Å²) in [5, 5.41) is 6.78. The third-order valence-electron chi connectivity index (χ3n) is 4.54. The molecule has 1 atom stereocenters. The fourth-order valence-electron chi connectivity index (χ4n) is 3.01. The zero-order chi connectivity index (χ0) is 23.5. The molecule has 1 unspecified atom stereocenters. The van der Waals surface area contributed by atoms with Gasteiger partial charge in [-0.1, -0.05) is 13.8 Å². The van der Waals surface area contributed by atoms with Crippen molar-refractivity contribution in [1.82, 2.24) is 5.43 Å². The van der Waals surface area contributed by atoms with Crippen molar-refractivity contribution < 1.29 is 23.8 Å².